The fraction of sp³-hybridized carbons (Fsp3) is 0.107. The monoisotopic (exact) mass is 776 g/mol. The van der Waals surface area contributed by atoms with Gasteiger partial charge in [-0.2, -0.15) is 0 Å². The van der Waals surface area contributed by atoms with Gasteiger partial charge in [0.25, 0.3) is 0 Å². The molecule has 0 aliphatic carbocycles. The normalized spacial score (nSPS) is 11.8. The van der Waals surface area contributed by atoms with E-state index in [2.05, 4.69) is 209 Å². The summed E-state index contributed by atoms with van der Waals surface area (Å²) in [5.41, 5.74) is 17.6. The summed E-state index contributed by atoms with van der Waals surface area (Å²) in [5.74, 6) is 0. The number of furan rings is 2. The van der Waals surface area contributed by atoms with E-state index in [9.17, 15) is 0 Å². The van der Waals surface area contributed by atoms with E-state index in [4.69, 9.17) is 8.83 Å². The second-order valence-corrected chi connectivity index (χ2v) is 16.8. The molecule has 0 saturated heterocycles. The molecule has 0 atom stereocenters. The van der Waals surface area contributed by atoms with Gasteiger partial charge in [0.05, 0.1) is 0 Å². The van der Waals surface area contributed by atoms with Crippen LogP contribution in [0.15, 0.2) is 167 Å². The molecule has 0 fully saturated rings. The van der Waals surface area contributed by atoms with Crippen LogP contribution in [0.1, 0.15) is 33.4 Å². The predicted octanol–water partition coefficient (Wildman–Crippen LogP) is 16.6. The van der Waals surface area contributed by atoms with Crippen LogP contribution in [0.4, 0.5) is 34.1 Å². The van der Waals surface area contributed by atoms with E-state index < -0.39 is 0 Å². The zero-order chi connectivity index (χ0) is 40.8. The third-order valence-electron chi connectivity index (χ3n) is 12.0. The van der Waals surface area contributed by atoms with Crippen molar-refractivity contribution in [1.82, 2.24) is 0 Å². The summed E-state index contributed by atoms with van der Waals surface area (Å²) in [6.45, 7) is 12.9. The Morgan fingerprint density at radius 2 is 0.583 bits per heavy atom. The van der Waals surface area contributed by atoms with Gasteiger partial charge >= 0.3 is 0 Å². The van der Waals surface area contributed by atoms with Gasteiger partial charge in [-0.3, -0.25) is 0 Å². The molecule has 9 aromatic carbocycles. The van der Waals surface area contributed by atoms with Gasteiger partial charge in [0.15, 0.2) is 0 Å². The first-order valence-electron chi connectivity index (χ1n) is 20.7. The van der Waals surface area contributed by atoms with Crippen molar-refractivity contribution in [2.45, 2.75) is 41.5 Å². The first-order valence-corrected chi connectivity index (χ1v) is 20.7. The lowest BCUT2D eigenvalue weighted by Gasteiger charge is -2.26. The largest absolute Gasteiger partial charge is 0.456 e. The van der Waals surface area contributed by atoms with Gasteiger partial charge in [-0.25, -0.2) is 0 Å². The molecule has 0 amide bonds. The molecular formula is C56H44N2O2. The maximum atomic E-state index is 6.68. The standard InChI is InChI=1S/C56H44N2O2/c1-33-7-13-43(14-8-33)57(47-21-35(3)19-36(4)22-47)45-17-11-39-27-49-51-31-56-52(32-55(51)59-53(49)29-41(39)25-45)50-28-40-12-18-46(26-42(40)30-54(50)60-56)58(44-15-9-34(2)10-16-44)48-23-37(5)20-38(6)24-48/h7-32H,1-6H3. The number of rotatable bonds is 6. The zero-order valence-corrected chi connectivity index (χ0v) is 34.7. The van der Waals surface area contributed by atoms with E-state index in [-0.39, 0.29) is 0 Å². The highest BCUT2D eigenvalue weighted by Crippen LogP contribution is 2.43. The predicted molar refractivity (Wildman–Crippen MR) is 254 cm³/mol. The molecule has 0 N–H and O–H groups in total. The Labute approximate surface area is 349 Å². The fourth-order valence-electron chi connectivity index (χ4n) is 9.22. The fourth-order valence-corrected chi connectivity index (χ4v) is 9.22. The molecule has 0 aliphatic heterocycles. The lowest BCUT2D eigenvalue weighted by atomic mass is 10.0. The van der Waals surface area contributed by atoms with E-state index in [1.807, 2.05) is 0 Å². The Morgan fingerprint density at radius 1 is 0.250 bits per heavy atom. The van der Waals surface area contributed by atoms with Crippen molar-refractivity contribution < 1.29 is 8.83 Å². The summed E-state index contributed by atoms with van der Waals surface area (Å²) < 4.78 is 13.4. The number of nitrogens with zero attached hydrogens (tertiary/aromatic N) is 2. The summed E-state index contributed by atoms with van der Waals surface area (Å²) in [6.07, 6.45) is 0. The van der Waals surface area contributed by atoms with Crippen LogP contribution in [0.5, 0.6) is 0 Å². The highest BCUT2D eigenvalue weighted by atomic mass is 16.3. The quantitative estimate of drug-likeness (QED) is 0.168. The molecule has 0 aliphatic rings. The van der Waals surface area contributed by atoms with Crippen molar-refractivity contribution >= 4 is 99.5 Å². The van der Waals surface area contributed by atoms with E-state index >= 15 is 0 Å². The number of hydrogen-bond donors (Lipinski definition) is 0. The minimum Gasteiger partial charge on any atom is -0.456 e. The minimum atomic E-state index is 0.852. The lowest BCUT2D eigenvalue weighted by Crippen LogP contribution is -2.10. The first-order chi connectivity index (χ1) is 29.1. The van der Waals surface area contributed by atoms with Gasteiger partial charge in [-0.05, 0) is 195 Å². The molecule has 11 rings (SSSR count). The average molecular weight is 777 g/mol. The molecule has 11 aromatic rings. The van der Waals surface area contributed by atoms with Gasteiger partial charge in [-0.15, -0.1) is 0 Å². The van der Waals surface area contributed by atoms with Gasteiger partial charge in [0, 0.05) is 55.7 Å². The van der Waals surface area contributed by atoms with Crippen molar-refractivity contribution in [1.29, 1.82) is 0 Å². The SMILES string of the molecule is Cc1ccc(N(c2cc(C)cc(C)c2)c2ccc3cc4c(cc3c2)oc2cc3c(cc24)oc2cc4cc(N(c5ccc(C)cc5)c5cc(C)cc(C)c5)ccc4cc23)cc1. The zero-order valence-electron chi connectivity index (χ0n) is 34.7. The Morgan fingerprint density at radius 3 is 0.967 bits per heavy atom. The van der Waals surface area contributed by atoms with Crippen LogP contribution in [-0.2, 0) is 0 Å². The molecule has 4 nitrogen and oxygen atoms in total. The van der Waals surface area contributed by atoms with Gasteiger partial charge in [-0.1, -0.05) is 59.7 Å². The Hall–Kier alpha value is -7.30. The first kappa shape index (κ1) is 35.8. The summed E-state index contributed by atoms with van der Waals surface area (Å²) in [6, 6.07) is 57.6. The van der Waals surface area contributed by atoms with Crippen molar-refractivity contribution in [3.8, 4) is 0 Å². The Bertz CT molecular complexity index is 3220. The highest BCUT2D eigenvalue weighted by Gasteiger charge is 2.19. The smallest absolute Gasteiger partial charge is 0.136 e. The number of benzene rings is 9. The molecule has 60 heavy (non-hydrogen) atoms. The number of fused-ring (bicyclic) bond motifs is 8. The van der Waals surface area contributed by atoms with Gasteiger partial charge in [0.2, 0.25) is 0 Å². The summed E-state index contributed by atoms with van der Waals surface area (Å²) in [7, 11) is 0. The van der Waals surface area contributed by atoms with Crippen molar-refractivity contribution in [2.24, 2.45) is 0 Å². The Kier molecular flexibility index (Phi) is 8.15. The van der Waals surface area contributed by atoms with Gasteiger partial charge in [0.1, 0.15) is 22.3 Å². The molecule has 4 heteroatoms. The maximum Gasteiger partial charge on any atom is 0.136 e. The highest BCUT2D eigenvalue weighted by molar-refractivity contribution is 6.18. The molecule has 0 unspecified atom stereocenters. The minimum absolute atomic E-state index is 0.852. The van der Waals surface area contributed by atoms with E-state index in [1.54, 1.807) is 0 Å². The summed E-state index contributed by atoms with van der Waals surface area (Å²) in [5, 5.41) is 8.82. The van der Waals surface area contributed by atoms with Crippen LogP contribution in [0.25, 0.3) is 65.4 Å². The molecule has 0 radical (unpaired) electrons. The van der Waals surface area contributed by atoms with Crippen molar-refractivity contribution in [3.63, 3.8) is 0 Å². The third kappa shape index (κ3) is 6.15. The molecule has 2 heterocycles. The van der Waals surface area contributed by atoms with Crippen LogP contribution in [-0.4, -0.2) is 0 Å². The van der Waals surface area contributed by atoms with Crippen LogP contribution >= 0.6 is 0 Å². The molecule has 2 aromatic heterocycles. The second-order valence-electron chi connectivity index (χ2n) is 16.8. The van der Waals surface area contributed by atoms with E-state index in [1.165, 1.54) is 33.4 Å². The van der Waals surface area contributed by atoms with Gasteiger partial charge < -0.3 is 18.6 Å². The third-order valence-corrected chi connectivity index (χ3v) is 12.0. The van der Waals surface area contributed by atoms with Crippen LogP contribution in [0.3, 0.4) is 0 Å². The second kappa shape index (κ2) is 13.6. The van der Waals surface area contributed by atoms with E-state index in [0.29, 0.717) is 0 Å². The molecule has 0 spiro atoms. The van der Waals surface area contributed by atoms with Crippen LogP contribution < -0.4 is 9.80 Å². The summed E-state index contributed by atoms with van der Waals surface area (Å²) >= 11 is 0. The van der Waals surface area contributed by atoms with Crippen molar-refractivity contribution in [2.75, 3.05) is 9.80 Å². The molecule has 0 bridgehead atoms. The maximum absolute atomic E-state index is 6.68. The molecule has 0 saturated carbocycles. The number of hydrogen-bond acceptors (Lipinski definition) is 4. The van der Waals surface area contributed by atoms with Crippen molar-refractivity contribution in [3.05, 3.63) is 191 Å². The summed E-state index contributed by atoms with van der Waals surface area (Å²) in [4.78, 5) is 4.69. The molecular weight excluding hydrogens is 733 g/mol. The number of anilines is 6. The Balaban J connectivity index is 1.00. The average Bonchev–Trinajstić information content (AvgIpc) is 3.74. The number of aryl methyl sites for hydroxylation is 6. The lowest BCUT2D eigenvalue weighted by molar-refractivity contribution is 0.664. The van der Waals surface area contributed by atoms with E-state index in [0.717, 1.165) is 99.5 Å². The van der Waals surface area contributed by atoms with Crippen LogP contribution in [0, 0.1) is 41.5 Å². The van der Waals surface area contributed by atoms with Crippen LogP contribution in [0.2, 0.25) is 0 Å². The molecule has 290 valence electrons. The topological polar surface area (TPSA) is 32.8 Å².